The molecule has 0 unspecified atom stereocenters. The lowest BCUT2D eigenvalue weighted by atomic mass is 9.63. The first-order valence-corrected chi connectivity index (χ1v) is 7.43. The summed E-state index contributed by atoms with van der Waals surface area (Å²) in [7, 11) is 0. The normalized spacial score (nSPS) is 17.4. The van der Waals surface area contributed by atoms with Crippen molar-refractivity contribution in [3.05, 3.63) is 34.9 Å². The van der Waals surface area contributed by atoms with Gasteiger partial charge in [0.1, 0.15) is 0 Å². The van der Waals surface area contributed by atoms with E-state index in [9.17, 15) is 9.90 Å². The minimum Gasteiger partial charge on any atom is -0.396 e. The summed E-state index contributed by atoms with van der Waals surface area (Å²) in [6.07, 6.45) is 2.78. The summed E-state index contributed by atoms with van der Waals surface area (Å²) in [6, 6.07) is 7.58. The molecule has 1 aliphatic rings. The summed E-state index contributed by atoms with van der Waals surface area (Å²) >= 11 is 6.04. The minimum absolute atomic E-state index is 0.0486. The van der Waals surface area contributed by atoms with Gasteiger partial charge in [-0.3, -0.25) is 4.79 Å². The minimum atomic E-state index is -0.434. The molecule has 20 heavy (non-hydrogen) atoms. The van der Waals surface area contributed by atoms with Crippen molar-refractivity contribution in [2.45, 2.75) is 38.5 Å². The Hall–Kier alpha value is -1.06. The lowest BCUT2D eigenvalue weighted by Gasteiger charge is -2.41. The van der Waals surface area contributed by atoms with Crippen LogP contribution in [0, 0.1) is 5.41 Å². The van der Waals surface area contributed by atoms with Gasteiger partial charge in [0.25, 0.3) is 0 Å². The van der Waals surface area contributed by atoms with Crippen LogP contribution in [0.5, 0.6) is 0 Å². The second kappa shape index (κ2) is 5.74. The Labute approximate surface area is 125 Å². The van der Waals surface area contributed by atoms with E-state index in [0.717, 1.165) is 24.8 Å². The molecule has 3 nitrogen and oxygen atoms in total. The number of nitrogens with one attached hydrogen (secondary N) is 1. The van der Waals surface area contributed by atoms with Gasteiger partial charge >= 0.3 is 0 Å². The van der Waals surface area contributed by atoms with E-state index in [2.05, 4.69) is 5.32 Å². The van der Waals surface area contributed by atoms with Crippen LogP contribution in [0.3, 0.4) is 0 Å². The van der Waals surface area contributed by atoms with Crippen LogP contribution in [-0.2, 0) is 10.2 Å². The van der Waals surface area contributed by atoms with E-state index < -0.39 is 5.41 Å². The van der Waals surface area contributed by atoms with Gasteiger partial charge in [-0.05, 0) is 30.5 Å². The second-order valence-electron chi connectivity index (χ2n) is 6.45. The van der Waals surface area contributed by atoms with Crippen molar-refractivity contribution in [3.63, 3.8) is 0 Å². The average molecular weight is 296 g/mol. The maximum absolute atomic E-state index is 12.6. The van der Waals surface area contributed by atoms with Crippen molar-refractivity contribution in [1.82, 2.24) is 5.32 Å². The topological polar surface area (TPSA) is 49.3 Å². The number of carbonyl (C=O) groups is 1. The molecule has 1 aromatic rings. The molecular formula is C16H22ClNO2. The van der Waals surface area contributed by atoms with Crippen molar-refractivity contribution >= 4 is 17.5 Å². The number of hydrogen-bond donors (Lipinski definition) is 2. The number of aliphatic hydroxyl groups excluding tert-OH is 1. The molecule has 1 aliphatic carbocycles. The maximum Gasteiger partial charge on any atom is 0.230 e. The third-order valence-electron chi connectivity index (χ3n) is 4.17. The smallest absolute Gasteiger partial charge is 0.230 e. The highest BCUT2D eigenvalue weighted by atomic mass is 35.5. The molecule has 0 bridgehead atoms. The molecule has 0 radical (unpaired) electrons. The number of rotatable bonds is 5. The van der Waals surface area contributed by atoms with Crippen molar-refractivity contribution in [1.29, 1.82) is 0 Å². The number of carbonyl (C=O) groups excluding carboxylic acids is 1. The molecule has 0 heterocycles. The van der Waals surface area contributed by atoms with Crippen molar-refractivity contribution < 1.29 is 9.90 Å². The first kappa shape index (κ1) is 15.3. The number of halogens is 1. The Morgan fingerprint density at radius 1 is 1.45 bits per heavy atom. The summed E-state index contributed by atoms with van der Waals surface area (Å²) in [5, 5.41) is 12.9. The first-order valence-electron chi connectivity index (χ1n) is 7.05. The Kier molecular flexibility index (Phi) is 4.40. The van der Waals surface area contributed by atoms with Crippen LogP contribution < -0.4 is 5.32 Å². The molecule has 110 valence electrons. The van der Waals surface area contributed by atoms with Crippen LogP contribution in [0.4, 0.5) is 0 Å². The zero-order valence-corrected chi connectivity index (χ0v) is 12.8. The molecule has 4 heteroatoms. The van der Waals surface area contributed by atoms with Gasteiger partial charge in [-0.15, -0.1) is 0 Å². The summed E-state index contributed by atoms with van der Waals surface area (Å²) in [5.41, 5.74) is 0.265. The summed E-state index contributed by atoms with van der Waals surface area (Å²) in [6.45, 7) is 4.39. The summed E-state index contributed by atoms with van der Waals surface area (Å²) in [4.78, 5) is 12.6. The van der Waals surface area contributed by atoms with E-state index in [0.29, 0.717) is 11.6 Å². The molecule has 0 aromatic heterocycles. The van der Waals surface area contributed by atoms with Gasteiger partial charge in [-0.1, -0.05) is 44.0 Å². The summed E-state index contributed by atoms with van der Waals surface area (Å²) in [5.74, 6) is 0.0486. The zero-order chi connectivity index (χ0) is 14.8. The maximum atomic E-state index is 12.6. The largest absolute Gasteiger partial charge is 0.396 e. The van der Waals surface area contributed by atoms with Crippen LogP contribution in [0.15, 0.2) is 24.3 Å². The predicted molar refractivity (Wildman–Crippen MR) is 80.9 cm³/mol. The van der Waals surface area contributed by atoms with E-state index in [-0.39, 0.29) is 17.9 Å². The second-order valence-corrected chi connectivity index (χ2v) is 6.89. The van der Waals surface area contributed by atoms with Gasteiger partial charge in [0.05, 0.1) is 5.41 Å². The van der Waals surface area contributed by atoms with E-state index >= 15 is 0 Å². The van der Waals surface area contributed by atoms with E-state index in [4.69, 9.17) is 11.6 Å². The molecule has 1 saturated carbocycles. The molecule has 0 saturated heterocycles. The standard InChI is InChI=1S/C16H22ClNO2/c1-15(2,11-19)10-18-14(20)16(7-4-8-16)12-5-3-6-13(17)9-12/h3,5-6,9,19H,4,7-8,10-11H2,1-2H3,(H,18,20). The molecule has 0 spiro atoms. The SMILES string of the molecule is CC(C)(CO)CNC(=O)C1(c2cccc(Cl)c2)CCC1. The molecule has 1 fully saturated rings. The van der Waals surface area contributed by atoms with Crippen molar-refractivity contribution in [3.8, 4) is 0 Å². The predicted octanol–water partition coefficient (Wildman–Crippen LogP) is 2.90. The number of aliphatic hydroxyl groups is 1. The van der Waals surface area contributed by atoms with Crippen LogP contribution >= 0.6 is 11.6 Å². The quantitative estimate of drug-likeness (QED) is 0.877. The highest BCUT2D eigenvalue weighted by molar-refractivity contribution is 6.30. The molecular weight excluding hydrogens is 274 g/mol. The monoisotopic (exact) mass is 295 g/mol. The zero-order valence-electron chi connectivity index (χ0n) is 12.1. The molecule has 2 rings (SSSR count). The Morgan fingerprint density at radius 3 is 2.65 bits per heavy atom. The van der Waals surface area contributed by atoms with Gasteiger partial charge in [0.15, 0.2) is 0 Å². The Bertz CT molecular complexity index is 495. The molecule has 1 amide bonds. The molecule has 0 atom stereocenters. The molecule has 2 N–H and O–H groups in total. The summed E-state index contributed by atoms with van der Waals surface area (Å²) < 4.78 is 0. The lowest BCUT2D eigenvalue weighted by Crippen LogP contribution is -2.51. The van der Waals surface area contributed by atoms with Crippen LogP contribution in [0.2, 0.25) is 5.02 Å². The fraction of sp³-hybridized carbons (Fsp3) is 0.562. The fourth-order valence-corrected chi connectivity index (χ4v) is 2.70. The van der Waals surface area contributed by atoms with Gasteiger partial charge in [0, 0.05) is 23.6 Å². The van der Waals surface area contributed by atoms with Crippen LogP contribution in [0.25, 0.3) is 0 Å². The van der Waals surface area contributed by atoms with E-state index in [1.807, 2.05) is 38.1 Å². The highest BCUT2D eigenvalue weighted by Gasteiger charge is 2.45. The van der Waals surface area contributed by atoms with Gasteiger partial charge in [0.2, 0.25) is 5.91 Å². The van der Waals surface area contributed by atoms with Crippen LogP contribution in [0.1, 0.15) is 38.7 Å². The van der Waals surface area contributed by atoms with Crippen LogP contribution in [-0.4, -0.2) is 24.2 Å². The van der Waals surface area contributed by atoms with Gasteiger partial charge in [-0.2, -0.15) is 0 Å². The number of benzene rings is 1. The van der Waals surface area contributed by atoms with Crippen molar-refractivity contribution in [2.24, 2.45) is 5.41 Å². The highest BCUT2D eigenvalue weighted by Crippen LogP contribution is 2.44. The Morgan fingerprint density at radius 2 is 2.15 bits per heavy atom. The van der Waals surface area contributed by atoms with E-state index in [1.54, 1.807) is 0 Å². The molecule has 1 aromatic carbocycles. The average Bonchev–Trinajstić information content (AvgIpc) is 2.35. The fourth-order valence-electron chi connectivity index (χ4n) is 2.51. The van der Waals surface area contributed by atoms with Gasteiger partial charge in [-0.25, -0.2) is 0 Å². The first-order chi connectivity index (χ1) is 9.39. The molecule has 0 aliphatic heterocycles. The van der Waals surface area contributed by atoms with E-state index in [1.165, 1.54) is 0 Å². The third kappa shape index (κ3) is 2.99. The number of hydrogen-bond acceptors (Lipinski definition) is 2. The van der Waals surface area contributed by atoms with Gasteiger partial charge < -0.3 is 10.4 Å². The third-order valence-corrected chi connectivity index (χ3v) is 4.41. The number of amides is 1. The Balaban J connectivity index is 2.13. The lowest BCUT2D eigenvalue weighted by molar-refractivity contribution is -0.130. The van der Waals surface area contributed by atoms with Crippen molar-refractivity contribution in [2.75, 3.05) is 13.2 Å².